The molecule has 0 aliphatic rings. The molecule has 0 aromatic heterocycles. The third-order valence-electron chi connectivity index (χ3n) is 2.49. The number of aryl methyl sites for hydroxylation is 1. The van der Waals surface area contributed by atoms with Gasteiger partial charge in [0.2, 0.25) is 0 Å². The summed E-state index contributed by atoms with van der Waals surface area (Å²) < 4.78 is 7.96. The first kappa shape index (κ1) is 14.6. The monoisotopic (exact) mass is 480 g/mol. The molecule has 0 saturated carbocycles. The van der Waals surface area contributed by atoms with E-state index in [0.29, 0.717) is 5.75 Å². The van der Waals surface area contributed by atoms with Crippen LogP contribution in [0.3, 0.4) is 0 Å². The van der Waals surface area contributed by atoms with Gasteiger partial charge in [-0.15, -0.1) is 0 Å². The van der Waals surface area contributed by atoms with Gasteiger partial charge in [0.15, 0.2) is 0 Å². The predicted molar refractivity (Wildman–Crippen MR) is 90.1 cm³/mol. The Hall–Kier alpha value is -0.830. The Morgan fingerprint density at radius 2 is 1.95 bits per heavy atom. The van der Waals surface area contributed by atoms with Gasteiger partial charge in [-0.05, 0) is 88.0 Å². The van der Waals surface area contributed by atoms with Crippen LogP contribution >= 0.6 is 45.2 Å². The van der Waals surface area contributed by atoms with Gasteiger partial charge in [-0.25, -0.2) is 4.79 Å². The average molecular weight is 480 g/mol. The van der Waals surface area contributed by atoms with E-state index in [0.717, 1.165) is 18.5 Å². The quantitative estimate of drug-likeness (QED) is 0.649. The number of hydrogen-bond donors (Lipinski definition) is 1. The summed E-state index contributed by atoms with van der Waals surface area (Å²) in [6, 6.07) is 10.5. The number of carboxylic acid groups (broad SMARTS) is 1. The van der Waals surface area contributed by atoms with E-state index in [9.17, 15) is 4.79 Å². The van der Waals surface area contributed by atoms with Crippen molar-refractivity contribution in [3.8, 4) is 11.5 Å². The fourth-order valence-electron chi connectivity index (χ4n) is 1.63. The van der Waals surface area contributed by atoms with Crippen molar-refractivity contribution in [2.45, 2.75) is 6.92 Å². The average Bonchev–Trinajstić information content (AvgIpc) is 2.34. The van der Waals surface area contributed by atoms with Crippen LogP contribution < -0.4 is 4.74 Å². The predicted octanol–water partition coefficient (Wildman–Crippen LogP) is 4.69. The number of hydrogen-bond acceptors (Lipinski definition) is 2. The Morgan fingerprint density at radius 1 is 1.21 bits per heavy atom. The smallest absolute Gasteiger partial charge is 0.335 e. The van der Waals surface area contributed by atoms with Crippen LogP contribution in [0.5, 0.6) is 11.5 Å². The molecule has 0 bridgehead atoms. The first-order valence-electron chi connectivity index (χ1n) is 5.44. The molecule has 0 unspecified atom stereocenters. The van der Waals surface area contributed by atoms with E-state index in [1.165, 1.54) is 6.07 Å². The third-order valence-corrected chi connectivity index (χ3v) is 3.92. The molecule has 0 fully saturated rings. The zero-order valence-corrected chi connectivity index (χ0v) is 14.3. The fraction of sp³-hybridized carbons (Fsp3) is 0.0714. The summed E-state index contributed by atoms with van der Waals surface area (Å²) in [4.78, 5) is 10.9. The molecule has 2 rings (SSSR count). The molecule has 0 atom stereocenters. The van der Waals surface area contributed by atoms with Crippen LogP contribution in [-0.2, 0) is 0 Å². The minimum absolute atomic E-state index is 0.218. The first-order chi connectivity index (χ1) is 8.97. The van der Waals surface area contributed by atoms with Gasteiger partial charge in [-0.1, -0.05) is 6.07 Å². The number of ether oxygens (including phenoxy) is 1. The fourth-order valence-corrected chi connectivity index (χ4v) is 3.87. The molecule has 19 heavy (non-hydrogen) atoms. The highest BCUT2D eigenvalue weighted by molar-refractivity contribution is 14.1. The Kier molecular flexibility index (Phi) is 4.67. The molecule has 0 amide bonds. The van der Waals surface area contributed by atoms with Crippen molar-refractivity contribution >= 4 is 51.2 Å². The zero-order chi connectivity index (χ0) is 14.0. The highest BCUT2D eigenvalue weighted by Gasteiger charge is 2.10. The lowest BCUT2D eigenvalue weighted by atomic mass is 10.2. The van der Waals surface area contributed by atoms with Crippen LogP contribution in [0, 0.1) is 14.1 Å². The number of aromatic carboxylic acids is 1. The van der Waals surface area contributed by atoms with Crippen molar-refractivity contribution in [1.82, 2.24) is 0 Å². The Bertz CT molecular complexity index is 615. The second-order valence-corrected chi connectivity index (χ2v) is 6.38. The maximum absolute atomic E-state index is 10.9. The highest BCUT2D eigenvalue weighted by atomic mass is 127. The van der Waals surface area contributed by atoms with Gasteiger partial charge < -0.3 is 9.84 Å². The van der Waals surface area contributed by atoms with E-state index in [1.54, 1.807) is 18.2 Å². The summed E-state index contributed by atoms with van der Waals surface area (Å²) >= 11 is 4.47. The zero-order valence-electron chi connectivity index (χ0n) is 9.98. The second kappa shape index (κ2) is 6.08. The topological polar surface area (TPSA) is 46.5 Å². The van der Waals surface area contributed by atoms with E-state index >= 15 is 0 Å². The third kappa shape index (κ3) is 3.59. The lowest BCUT2D eigenvalue weighted by Gasteiger charge is -2.11. The maximum Gasteiger partial charge on any atom is 0.335 e. The molecule has 3 nitrogen and oxygen atoms in total. The van der Waals surface area contributed by atoms with Gasteiger partial charge in [0, 0.05) is 3.57 Å². The highest BCUT2D eigenvalue weighted by Crippen LogP contribution is 2.32. The van der Waals surface area contributed by atoms with E-state index in [1.807, 2.05) is 19.1 Å². The molecule has 0 aliphatic heterocycles. The van der Waals surface area contributed by atoms with Crippen LogP contribution in [0.25, 0.3) is 0 Å². The summed E-state index contributed by atoms with van der Waals surface area (Å²) in [6.07, 6.45) is 0. The normalized spacial score (nSPS) is 10.3. The molecular formula is C14H10I2O3. The molecule has 1 N–H and O–H groups in total. The number of carboxylic acids is 1. The van der Waals surface area contributed by atoms with Crippen molar-refractivity contribution < 1.29 is 14.6 Å². The molecule has 0 spiro atoms. The molecule has 98 valence electrons. The van der Waals surface area contributed by atoms with Crippen molar-refractivity contribution in [3.05, 3.63) is 54.7 Å². The Labute approximate surface area is 138 Å². The van der Waals surface area contributed by atoms with Crippen LogP contribution in [-0.4, -0.2) is 11.1 Å². The molecule has 0 saturated heterocycles. The van der Waals surface area contributed by atoms with Gasteiger partial charge in [0.1, 0.15) is 11.5 Å². The van der Waals surface area contributed by atoms with Crippen molar-refractivity contribution in [3.63, 3.8) is 0 Å². The van der Waals surface area contributed by atoms with E-state index < -0.39 is 5.97 Å². The van der Waals surface area contributed by atoms with E-state index in [4.69, 9.17) is 9.84 Å². The lowest BCUT2D eigenvalue weighted by molar-refractivity contribution is 0.0696. The molecule has 0 radical (unpaired) electrons. The van der Waals surface area contributed by atoms with Gasteiger partial charge in [-0.2, -0.15) is 0 Å². The van der Waals surface area contributed by atoms with Crippen LogP contribution in [0.2, 0.25) is 0 Å². The number of benzene rings is 2. The Balaban J connectivity index is 2.36. The van der Waals surface area contributed by atoms with E-state index in [-0.39, 0.29) is 5.56 Å². The van der Waals surface area contributed by atoms with Gasteiger partial charge >= 0.3 is 5.97 Å². The van der Waals surface area contributed by atoms with Gasteiger partial charge in [0.25, 0.3) is 0 Å². The minimum Gasteiger partial charge on any atom is -0.478 e. The number of halogens is 2. The summed E-state index contributed by atoms with van der Waals surface area (Å²) in [7, 11) is 0. The molecule has 0 aliphatic carbocycles. The number of rotatable bonds is 3. The van der Waals surface area contributed by atoms with Crippen LogP contribution in [0.15, 0.2) is 36.4 Å². The van der Waals surface area contributed by atoms with Gasteiger partial charge in [0.05, 0.1) is 9.13 Å². The van der Waals surface area contributed by atoms with Crippen LogP contribution in [0.1, 0.15) is 15.9 Å². The Morgan fingerprint density at radius 3 is 2.58 bits per heavy atom. The van der Waals surface area contributed by atoms with Crippen molar-refractivity contribution in [1.29, 1.82) is 0 Å². The minimum atomic E-state index is -0.959. The first-order valence-corrected chi connectivity index (χ1v) is 7.60. The lowest BCUT2D eigenvalue weighted by Crippen LogP contribution is -1.97. The van der Waals surface area contributed by atoms with Crippen molar-refractivity contribution in [2.24, 2.45) is 0 Å². The molecule has 0 heterocycles. The number of carbonyl (C=O) groups is 1. The second-order valence-electron chi connectivity index (χ2n) is 3.97. The molecular weight excluding hydrogens is 470 g/mol. The SMILES string of the molecule is Cc1cc(I)cc(I)c1Oc1cccc(C(=O)O)c1. The molecule has 2 aromatic carbocycles. The summed E-state index contributed by atoms with van der Waals surface area (Å²) in [5.74, 6) is 0.338. The van der Waals surface area contributed by atoms with Crippen LogP contribution in [0.4, 0.5) is 0 Å². The summed E-state index contributed by atoms with van der Waals surface area (Å²) in [5, 5.41) is 8.96. The summed E-state index contributed by atoms with van der Waals surface area (Å²) in [6.45, 7) is 1.97. The summed E-state index contributed by atoms with van der Waals surface area (Å²) in [5.41, 5.74) is 1.24. The van der Waals surface area contributed by atoms with E-state index in [2.05, 4.69) is 45.2 Å². The maximum atomic E-state index is 10.9. The van der Waals surface area contributed by atoms with Gasteiger partial charge in [-0.3, -0.25) is 0 Å². The standard InChI is InChI=1S/C14H10I2O3/c1-8-5-10(15)7-12(16)13(8)19-11-4-2-3-9(6-11)14(17)18/h2-7H,1H3,(H,17,18). The molecule has 2 aromatic rings. The largest absolute Gasteiger partial charge is 0.478 e. The van der Waals surface area contributed by atoms with Crippen molar-refractivity contribution in [2.75, 3.05) is 0 Å². The molecule has 5 heteroatoms.